The molecule has 1 aliphatic rings. The van der Waals surface area contributed by atoms with Crippen molar-refractivity contribution in [1.82, 2.24) is 4.90 Å². The molecular formula is C8H11BF4N-. The van der Waals surface area contributed by atoms with Crippen molar-refractivity contribution in [2.24, 2.45) is 0 Å². The van der Waals surface area contributed by atoms with Gasteiger partial charge in [-0.3, -0.25) is 0 Å². The van der Waals surface area contributed by atoms with E-state index in [0.717, 1.165) is 13.1 Å². The fourth-order valence-electron chi connectivity index (χ4n) is 0.808. The first-order valence-corrected chi connectivity index (χ1v) is 3.99. The van der Waals surface area contributed by atoms with Gasteiger partial charge in [-0.25, -0.2) is 0 Å². The lowest BCUT2D eigenvalue weighted by atomic mass is 10.3. The van der Waals surface area contributed by atoms with E-state index >= 15 is 0 Å². The molecule has 14 heavy (non-hydrogen) atoms. The molecule has 1 nitrogen and oxygen atoms in total. The Balaban J connectivity index is 0.000000292. The molecule has 0 aliphatic carbocycles. The van der Waals surface area contributed by atoms with Crippen LogP contribution in [0.3, 0.4) is 0 Å². The van der Waals surface area contributed by atoms with Gasteiger partial charge in [0.1, 0.15) is 0 Å². The molecule has 0 atom stereocenters. The SMILES string of the molecule is C=CCN1C=CC=CC1.F[B-](F)(F)F. The summed E-state index contributed by atoms with van der Waals surface area (Å²) >= 11 is 0. The minimum atomic E-state index is -6.00. The van der Waals surface area contributed by atoms with Gasteiger partial charge in [0, 0.05) is 13.1 Å². The third-order valence-corrected chi connectivity index (χ3v) is 1.25. The first kappa shape index (κ1) is 12.8. The van der Waals surface area contributed by atoms with Crippen LogP contribution in [0.4, 0.5) is 17.3 Å². The Labute approximate surface area is 80.5 Å². The van der Waals surface area contributed by atoms with E-state index in [9.17, 15) is 17.3 Å². The smallest absolute Gasteiger partial charge is 0.418 e. The van der Waals surface area contributed by atoms with E-state index in [1.807, 2.05) is 12.2 Å². The van der Waals surface area contributed by atoms with E-state index in [-0.39, 0.29) is 0 Å². The Hall–Kier alpha value is -1.20. The standard InChI is InChI=1S/C8H11N.BF4/c1-2-6-9-7-4-3-5-8-9;2-1(3,4)5/h2-5,7H,1,6,8H2;/q;-1. The van der Waals surface area contributed by atoms with Crippen LogP contribution in [0.15, 0.2) is 37.1 Å². The Bertz CT molecular complexity index is 214. The number of hydrogen-bond acceptors (Lipinski definition) is 1. The fourth-order valence-corrected chi connectivity index (χ4v) is 0.808. The molecule has 6 heteroatoms. The molecule has 0 saturated heterocycles. The average Bonchev–Trinajstić information content (AvgIpc) is 2.03. The van der Waals surface area contributed by atoms with Crippen molar-refractivity contribution in [1.29, 1.82) is 0 Å². The zero-order valence-electron chi connectivity index (χ0n) is 7.54. The second kappa shape index (κ2) is 6.29. The molecule has 1 rings (SSSR count). The number of rotatable bonds is 2. The summed E-state index contributed by atoms with van der Waals surface area (Å²) in [5.74, 6) is 0. The van der Waals surface area contributed by atoms with Gasteiger partial charge in [-0.1, -0.05) is 18.2 Å². The van der Waals surface area contributed by atoms with Crippen LogP contribution in [0.1, 0.15) is 0 Å². The summed E-state index contributed by atoms with van der Waals surface area (Å²) in [6.45, 7) is 5.62. The highest BCUT2D eigenvalue weighted by atomic mass is 19.5. The van der Waals surface area contributed by atoms with Gasteiger partial charge in [-0.05, 0) is 12.3 Å². The topological polar surface area (TPSA) is 3.24 Å². The lowest BCUT2D eigenvalue weighted by Gasteiger charge is -2.17. The van der Waals surface area contributed by atoms with Gasteiger partial charge in [-0.15, -0.1) is 6.58 Å². The molecule has 1 aliphatic heterocycles. The molecule has 0 bridgehead atoms. The van der Waals surface area contributed by atoms with Gasteiger partial charge in [-0.2, -0.15) is 0 Å². The Kier molecular flexibility index (Phi) is 5.75. The fraction of sp³-hybridized carbons (Fsp3) is 0.250. The molecule has 0 aromatic heterocycles. The van der Waals surface area contributed by atoms with Crippen LogP contribution in [0, 0.1) is 0 Å². The van der Waals surface area contributed by atoms with Crippen molar-refractivity contribution in [3.8, 4) is 0 Å². The van der Waals surface area contributed by atoms with E-state index < -0.39 is 7.25 Å². The summed E-state index contributed by atoms with van der Waals surface area (Å²) in [5, 5.41) is 0. The first-order valence-electron chi connectivity index (χ1n) is 3.99. The number of nitrogens with zero attached hydrogens (tertiary/aromatic N) is 1. The molecule has 0 aromatic rings. The van der Waals surface area contributed by atoms with Gasteiger partial charge in [0.05, 0.1) is 0 Å². The summed E-state index contributed by atoms with van der Waals surface area (Å²) in [7, 11) is -6.00. The molecule has 0 unspecified atom stereocenters. The van der Waals surface area contributed by atoms with E-state index in [4.69, 9.17) is 0 Å². The minimum absolute atomic E-state index is 0.945. The Morgan fingerprint density at radius 3 is 2.21 bits per heavy atom. The molecule has 0 aromatic carbocycles. The van der Waals surface area contributed by atoms with Crippen LogP contribution in [0.2, 0.25) is 0 Å². The van der Waals surface area contributed by atoms with Gasteiger partial charge < -0.3 is 22.2 Å². The van der Waals surface area contributed by atoms with Crippen LogP contribution in [0.25, 0.3) is 0 Å². The predicted molar refractivity (Wildman–Crippen MR) is 50.2 cm³/mol. The normalized spacial score (nSPS) is 14.7. The van der Waals surface area contributed by atoms with Crippen LogP contribution >= 0.6 is 0 Å². The summed E-state index contributed by atoms with van der Waals surface area (Å²) < 4.78 is 39.0. The molecule has 0 saturated carbocycles. The van der Waals surface area contributed by atoms with Crippen molar-refractivity contribution in [3.05, 3.63) is 37.1 Å². The summed E-state index contributed by atoms with van der Waals surface area (Å²) in [6, 6.07) is 0. The summed E-state index contributed by atoms with van der Waals surface area (Å²) in [4.78, 5) is 2.19. The van der Waals surface area contributed by atoms with Gasteiger partial charge >= 0.3 is 7.25 Å². The van der Waals surface area contributed by atoms with Crippen molar-refractivity contribution >= 4 is 7.25 Å². The third-order valence-electron chi connectivity index (χ3n) is 1.25. The van der Waals surface area contributed by atoms with E-state index in [1.54, 1.807) is 0 Å². The quantitative estimate of drug-likeness (QED) is 0.383. The summed E-state index contributed by atoms with van der Waals surface area (Å²) in [6.07, 6.45) is 10.2. The van der Waals surface area contributed by atoms with Crippen LogP contribution in [0.5, 0.6) is 0 Å². The first-order chi connectivity index (χ1) is 6.43. The third kappa shape index (κ3) is 10.8. The minimum Gasteiger partial charge on any atom is -0.418 e. The van der Waals surface area contributed by atoms with Crippen LogP contribution in [-0.2, 0) is 0 Å². The second-order valence-electron chi connectivity index (χ2n) is 2.51. The van der Waals surface area contributed by atoms with Crippen molar-refractivity contribution in [2.45, 2.75) is 0 Å². The van der Waals surface area contributed by atoms with Crippen molar-refractivity contribution in [3.63, 3.8) is 0 Å². The maximum Gasteiger partial charge on any atom is 0.673 e. The largest absolute Gasteiger partial charge is 0.673 e. The zero-order valence-corrected chi connectivity index (χ0v) is 7.54. The zero-order chi connectivity index (χ0) is 11.0. The Morgan fingerprint density at radius 2 is 1.86 bits per heavy atom. The van der Waals surface area contributed by atoms with E-state index in [1.165, 1.54) is 0 Å². The van der Waals surface area contributed by atoms with Gasteiger partial charge in [0.15, 0.2) is 0 Å². The van der Waals surface area contributed by atoms with E-state index in [0.29, 0.717) is 0 Å². The molecule has 0 fully saturated rings. The Morgan fingerprint density at radius 1 is 1.29 bits per heavy atom. The monoisotopic (exact) mass is 208 g/mol. The maximum absolute atomic E-state index is 9.75. The molecule has 0 amide bonds. The van der Waals surface area contributed by atoms with E-state index in [2.05, 4.69) is 29.8 Å². The second-order valence-corrected chi connectivity index (χ2v) is 2.51. The summed E-state index contributed by atoms with van der Waals surface area (Å²) in [5.41, 5.74) is 0. The van der Waals surface area contributed by atoms with Gasteiger partial charge in [0.2, 0.25) is 0 Å². The van der Waals surface area contributed by atoms with Crippen LogP contribution in [-0.4, -0.2) is 25.2 Å². The van der Waals surface area contributed by atoms with Gasteiger partial charge in [0.25, 0.3) is 0 Å². The van der Waals surface area contributed by atoms with Crippen molar-refractivity contribution < 1.29 is 17.3 Å². The predicted octanol–water partition coefficient (Wildman–Crippen LogP) is 2.86. The molecule has 1 heterocycles. The highest BCUT2D eigenvalue weighted by Crippen LogP contribution is 2.06. The molecule has 0 spiro atoms. The highest BCUT2D eigenvalue weighted by molar-refractivity contribution is 6.50. The highest BCUT2D eigenvalue weighted by Gasteiger charge is 2.20. The lowest BCUT2D eigenvalue weighted by Crippen LogP contribution is -2.18. The van der Waals surface area contributed by atoms with Crippen molar-refractivity contribution in [2.75, 3.05) is 13.1 Å². The number of halogens is 4. The molecular weight excluding hydrogens is 197 g/mol. The number of allylic oxidation sites excluding steroid dienone is 2. The van der Waals surface area contributed by atoms with Crippen LogP contribution < -0.4 is 0 Å². The molecule has 0 radical (unpaired) electrons. The average molecular weight is 208 g/mol. The molecule has 0 N–H and O–H groups in total. The molecule has 80 valence electrons. The number of hydrogen-bond donors (Lipinski definition) is 0. The lowest BCUT2D eigenvalue weighted by molar-refractivity contribution is 0.368. The maximum atomic E-state index is 9.75.